The molecular weight excluding hydrogens is 318 g/mol. The first-order chi connectivity index (χ1) is 12.2. The summed E-state index contributed by atoms with van der Waals surface area (Å²) in [6.45, 7) is 1.11. The van der Waals surface area contributed by atoms with Crippen molar-refractivity contribution in [2.75, 3.05) is 6.54 Å². The molecule has 1 aromatic rings. The number of hydrogen-bond donors (Lipinski definition) is 3. The van der Waals surface area contributed by atoms with Crippen LogP contribution >= 0.6 is 0 Å². The van der Waals surface area contributed by atoms with Gasteiger partial charge in [-0.1, -0.05) is 18.6 Å². The van der Waals surface area contributed by atoms with Crippen LogP contribution in [0.2, 0.25) is 0 Å². The van der Waals surface area contributed by atoms with Gasteiger partial charge in [0.2, 0.25) is 5.91 Å². The highest BCUT2D eigenvalue weighted by atomic mass is 16.5. The van der Waals surface area contributed by atoms with Crippen LogP contribution in [0.25, 0.3) is 0 Å². The van der Waals surface area contributed by atoms with Crippen LogP contribution in [0.1, 0.15) is 50.5 Å². The highest BCUT2D eigenvalue weighted by Crippen LogP contribution is 2.23. The van der Waals surface area contributed by atoms with Crippen LogP contribution in [-0.4, -0.2) is 30.6 Å². The second kappa shape index (κ2) is 8.74. The molecule has 3 N–H and O–H groups in total. The number of nitrogens with one attached hydrogen (secondary N) is 3. The molecule has 1 aliphatic heterocycles. The molecule has 1 saturated carbocycles. The topological polar surface area (TPSA) is 79.5 Å². The van der Waals surface area contributed by atoms with Crippen molar-refractivity contribution in [3.05, 3.63) is 29.8 Å². The third-order valence-electron chi connectivity index (χ3n) is 4.82. The number of rotatable bonds is 5. The van der Waals surface area contributed by atoms with E-state index < -0.39 is 6.04 Å². The van der Waals surface area contributed by atoms with Gasteiger partial charge in [0.25, 0.3) is 0 Å². The first kappa shape index (κ1) is 17.6. The summed E-state index contributed by atoms with van der Waals surface area (Å²) in [7, 11) is 0. The second-order valence-electron chi connectivity index (χ2n) is 6.83. The minimum Gasteiger partial charge on any atom is -0.490 e. The van der Waals surface area contributed by atoms with E-state index in [1.165, 1.54) is 19.3 Å². The highest BCUT2D eigenvalue weighted by molar-refractivity contribution is 5.87. The molecule has 6 nitrogen and oxygen atoms in total. The normalized spacial score (nSPS) is 21.3. The van der Waals surface area contributed by atoms with Crippen molar-refractivity contribution in [2.24, 2.45) is 0 Å². The molecule has 1 atom stereocenters. The maximum Gasteiger partial charge on any atom is 0.315 e. The number of ether oxygens (including phenoxy) is 1. The largest absolute Gasteiger partial charge is 0.490 e. The molecule has 2 fully saturated rings. The van der Waals surface area contributed by atoms with Crippen LogP contribution in [0, 0.1) is 0 Å². The van der Waals surface area contributed by atoms with Crippen molar-refractivity contribution >= 4 is 11.9 Å². The quantitative estimate of drug-likeness (QED) is 0.767. The van der Waals surface area contributed by atoms with E-state index in [1.807, 2.05) is 24.3 Å². The van der Waals surface area contributed by atoms with Crippen molar-refractivity contribution in [1.82, 2.24) is 16.0 Å². The number of benzene rings is 1. The molecule has 0 bridgehead atoms. The van der Waals surface area contributed by atoms with Gasteiger partial charge in [0.15, 0.2) is 0 Å². The molecule has 1 saturated heterocycles. The van der Waals surface area contributed by atoms with Crippen molar-refractivity contribution in [3.63, 3.8) is 0 Å². The maximum atomic E-state index is 11.9. The van der Waals surface area contributed by atoms with E-state index in [9.17, 15) is 9.59 Å². The van der Waals surface area contributed by atoms with E-state index in [-0.39, 0.29) is 11.9 Å². The first-order valence-electron chi connectivity index (χ1n) is 9.28. The summed E-state index contributed by atoms with van der Waals surface area (Å²) < 4.78 is 6.00. The number of piperidine rings is 1. The minimum absolute atomic E-state index is 0.106. The molecule has 0 radical (unpaired) electrons. The average molecular weight is 345 g/mol. The van der Waals surface area contributed by atoms with Gasteiger partial charge >= 0.3 is 6.03 Å². The minimum atomic E-state index is -0.431. The second-order valence-corrected chi connectivity index (χ2v) is 6.83. The molecule has 1 unspecified atom stereocenters. The van der Waals surface area contributed by atoms with E-state index >= 15 is 0 Å². The van der Waals surface area contributed by atoms with E-state index in [1.54, 1.807) is 0 Å². The molecule has 25 heavy (non-hydrogen) atoms. The molecule has 1 aliphatic carbocycles. The summed E-state index contributed by atoms with van der Waals surface area (Å²) in [5.41, 5.74) is 0.999. The molecule has 0 spiro atoms. The van der Waals surface area contributed by atoms with E-state index in [4.69, 9.17) is 4.74 Å². The Bertz CT molecular complexity index is 582. The molecule has 2 aliphatic rings. The lowest BCUT2D eigenvalue weighted by Crippen LogP contribution is -2.52. The fourth-order valence-corrected chi connectivity index (χ4v) is 3.36. The monoisotopic (exact) mass is 345 g/mol. The average Bonchev–Trinajstić information content (AvgIpc) is 2.64. The molecule has 1 heterocycles. The Morgan fingerprint density at radius 3 is 2.56 bits per heavy atom. The van der Waals surface area contributed by atoms with Gasteiger partial charge in [-0.05, 0) is 56.2 Å². The van der Waals surface area contributed by atoms with Crippen LogP contribution in [0.3, 0.4) is 0 Å². The van der Waals surface area contributed by atoms with Gasteiger partial charge in [-0.3, -0.25) is 4.79 Å². The van der Waals surface area contributed by atoms with Gasteiger partial charge < -0.3 is 20.7 Å². The first-order valence-corrected chi connectivity index (χ1v) is 9.28. The molecule has 6 heteroatoms. The number of amides is 3. The molecular formula is C19H27N3O3. The van der Waals surface area contributed by atoms with Crippen LogP contribution in [0.5, 0.6) is 5.75 Å². The molecule has 136 valence electrons. The van der Waals surface area contributed by atoms with Crippen molar-refractivity contribution in [1.29, 1.82) is 0 Å². The lowest BCUT2D eigenvalue weighted by molar-refractivity contribution is -0.124. The number of urea groups is 1. The van der Waals surface area contributed by atoms with E-state index in [0.717, 1.165) is 30.6 Å². The predicted octanol–water partition coefficient (Wildman–Crippen LogP) is 2.48. The van der Waals surface area contributed by atoms with Crippen molar-refractivity contribution < 1.29 is 14.3 Å². The molecule has 0 aromatic heterocycles. The van der Waals surface area contributed by atoms with Crippen LogP contribution in [0.4, 0.5) is 4.79 Å². The third-order valence-corrected chi connectivity index (χ3v) is 4.82. The summed E-state index contributed by atoms with van der Waals surface area (Å²) in [6.07, 6.45) is 8.00. The predicted molar refractivity (Wildman–Crippen MR) is 95.3 cm³/mol. The smallest absolute Gasteiger partial charge is 0.315 e. The zero-order valence-corrected chi connectivity index (χ0v) is 14.6. The molecule has 1 aromatic carbocycles. The summed E-state index contributed by atoms with van der Waals surface area (Å²) in [4.78, 5) is 23.6. The number of hydrogen-bond acceptors (Lipinski definition) is 3. The summed E-state index contributed by atoms with van der Waals surface area (Å²) in [6, 6.07) is 7.10. The zero-order chi connectivity index (χ0) is 17.5. The number of carbonyl (C=O) groups is 2. The van der Waals surface area contributed by atoms with Crippen LogP contribution in [0.15, 0.2) is 24.3 Å². The van der Waals surface area contributed by atoms with Gasteiger partial charge in [0.1, 0.15) is 11.8 Å². The third kappa shape index (κ3) is 5.37. The van der Waals surface area contributed by atoms with Crippen molar-refractivity contribution in [3.8, 4) is 5.75 Å². The van der Waals surface area contributed by atoms with E-state index in [0.29, 0.717) is 25.6 Å². The zero-order valence-electron chi connectivity index (χ0n) is 14.6. The standard InChI is InChI=1S/C19H27N3O3/c23-18-17(7-4-12-20-18)22-19(24)21-13-14-8-10-16(11-9-14)25-15-5-2-1-3-6-15/h8-11,15,17H,1-7,12-13H2,(H,20,23)(H2,21,22,24). The highest BCUT2D eigenvalue weighted by Gasteiger charge is 2.23. The van der Waals surface area contributed by atoms with Gasteiger partial charge in [0.05, 0.1) is 6.10 Å². The Kier molecular flexibility index (Phi) is 6.14. The lowest BCUT2D eigenvalue weighted by atomic mass is 9.98. The van der Waals surface area contributed by atoms with Crippen LogP contribution in [-0.2, 0) is 11.3 Å². The fourth-order valence-electron chi connectivity index (χ4n) is 3.36. The van der Waals surface area contributed by atoms with Crippen LogP contribution < -0.4 is 20.7 Å². The summed E-state index contributed by atoms with van der Waals surface area (Å²) >= 11 is 0. The Hall–Kier alpha value is -2.24. The SMILES string of the molecule is O=C(NCc1ccc(OC2CCCCC2)cc1)NC1CCCNC1=O. The molecule has 3 rings (SSSR count). The Balaban J connectivity index is 1.41. The van der Waals surface area contributed by atoms with Gasteiger partial charge in [-0.2, -0.15) is 0 Å². The van der Waals surface area contributed by atoms with Gasteiger partial charge in [-0.25, -0.2) is 4.79 Å². The summed E-state index contributed by atoms with van der Waals surface area (Å²) in [5.74, 6) is 0.782. The molecule has 3 amide bonds. The fraction of sp³-hybridized carbons (Fsp3) is 0.579. The van der Waals surface area contributed by atoms with E-state index in [2.05, 4.69) is 16.0 Å². The van der Waals surface area contributed by atoms with Gasteiger partial charge in [-0.15, -0.1) is 0 Å². The summed E-state index contributed by atoms with van der Waals surface area (Å²) in [5, 5.41) is 8.27. The van der Waals surface area contributed by atoms with Gasteiger partial charge in [0, 0.05) is 13.1 Å². The number of carbonyl (C=O) groups excluding carboxylic acids is 2. The Morgan fingerprint density at radius 1 is 1.08 bits per heavy atom. The Morgan fingerprint density at radius 2 is 1.84 bits per heavy atom. The lowest BCUT2D eigenvalue weighted by Gasteiger charge is -2.23. The van der Waals surface area contributed by atoms with Crippen molar-refractivity contribution in [2.45, 2.75) is 63.6 Å². The Labute approximate surface area is 148 Å². The maximum absolute atomic E-state index is 11.9.